The highest BCUT2D eigenvalue weighted by Gasteiger charge is 2.35. The van der Waals surface area contributed by atoms with Crippen molar-refractivity contribution in [3.8, 4) is 0 Å². The van der Waals surface area contributed by atoms with Crippen molar-refractivity contribution in [2.75, 3.05) is 17.4 Å². The van der Waals surface area contributed by atoms with Crippen LogP contribution in [0.1, 0.15) is 25.0 Å². The molecule has 2 amide bonds. The fourth-order valence-corrected chi connectivity index (χ4v) is 6.51. The third-order valence-corrected chi connectivity index (χ3v) is 9.31. The molecule has 4 aromatic carbocycles. The lowest BCUT2D eigenvalue weighted by Crippen LogP contribution is -2.53. The van der Waals surface area contributed by atoms with Crippen molar-refractivity contribution in [1.29, 1.82) is 0 Å². The third-order valence-electron chi connectivity index (χ3n) is 7.00. The van der Waals surface area contributed by atoms with Gasteiger partial charge < -0.3 is 10.2 Å². The van der Waals surface area contributed by atoms with Gasteiger partial charge in [-0.25, -0.2) is 12.8 Å². The summed E-state index contributed by atoms with van der Waals surface area (Å²) in [5.74, 6) is -1.63. The number of nitrogens with one attached hydrogen (secondary N) is 1. The van der Waals surface area contributed by atoms with Crippen LogP contribution in [-0.2, 0) is 32.6 Å². The van der Waals surface area contributed by atoms with E-state index in [1.165, 1.54) is 23.1 Å². The number of carbonyl (C=O) groups is 2. The molecule has 0 aromatic heterocycles. The Morgan fingerprint density at radius 2 is 1.49 bits per heavy atom. The summed E-state index contributed by atoms with van der Waals surface area (Å²) < 4.78 is 43.0. The van der Waals surface area contributed by atoms with Crippen LogP contribution >= 0.6 is 23.2 Å². The van der Waals surface area contributed by atoms with E-state index in [1.807, 2.05) is 44.2 Å². The summed E-state index contributed by atoms with van der Waals surface area (Å²) in [4.78, 5) is 29.5. The van der Waals surface area contributed by atoms with Gasteiger partial charge in [-0.3, -0.25) is 13.9 Å². The van der Waals surface area contributed by atoms with Gasteiger partial charge >= 0.3 is 0 Å². The van der Waals surface area contributed by atoms with Crippen LogP contribution in [0.15, 0.2) is 108 Å². The molecule has 0 fully saturated rings. The van der Waals surface area contributed by atoms with E-state index in [2.05, 4.69) is 5.32 Å². The summed E-state index contributed by atoms with van der Waals surface area (Å²) in [5.41, 5.74) is 1.45. The molecule has 4 rings (SSSR count). The van der Waals surface area contributed by atoms with Gasteiger partial charge in [-0.05, 0) is 59.5 Å². The molecule has 0 aliphatic heterocycles. The predicted molar refractivity (Wildman–Crippen MR) is 176 cm³/mol. The molecule has 1 atom stereocenters. The van der Waals surface area contributed by atoms with Gasteiger partial charge in [0.2, 0.25) is 11.8 Å². The average Bonchev–Trinajstić information content (AvgIpc) is 3.02. The highest BCUT2D eigenvalue weighted by molar-refractivity contribution is 7.92. The van der Waals surface area contributed by atoms with Gasteiger partial charge in [0.1, 0.15) is 18.4 Å². The second-order valence-corrected chi connectivity index (χ2v) is 13.6. The van der Waals surface area contributed by atoms with Gasteiger partial charge in [-0.15, -0.1) is 0 Å². The van der Waals surface area contributed by atoms with E-state index in [9.17, 15) is 22.4 Å². The molecule has 0 bridgehead atoms. The van der Waals surface area contributed by atoms with Gasteiger partial charge in [-0.2, -0.15) is 0 Å². The lowest BCUT2D eigenvalue weighted by atomic mass is 10.0. The van der Waals surface area contributed by atoms with Crippen LogP contribution in [0, 0.1) is 11.7 Å². The van der Waals surface area contributed by atoms with E-state index in [4.69, 9.17) is 23.2 Å². The fourth-order valence-electron chi connectivity index (χ4n) is 4.70. The van der Waals surface area contributed by atoms with Gasteiger partial charge in [0.05, 0.1) is 15.6 Å². The third kappa shape index (κ3) is 9.06. The van der Waals surface area contributed by atoms with Crippen molar-refractivity contribution < 1.29 is 22.4 Å². The molecule has 0 spiro atoms. The molecule has 0 saturated carbocycles. The first-order chi connectivity index (χ1) is 21.5. The standard InChI is InChI=1S/C34H34Cl2FN3O4S/c1-24(2)21-38-34(42)32(19-25-10-5-3-6-11-25)39(22-26-12-9-13-27(35)18-26)33(41)23-40(28-16-17-31(37)30(36)20-28)45(43,44)29-14-7-4-8-15-29/h3-18,20,24,32H,19,21-23H2,1-2H3,(H,38,42)/t32-/m0/s1. The van der Waals surface area contributed by atoms with Crippen molar-refractivity contribution in [2.45, 2.75) is 37.8 Å². The summed E-state index contributed by atoms with van der Waals surface area (Å²) in [6.07, 6.45) is 0.172. The molecule has 4 aromatic rings. The Hall–Kier alpha value is -3.92. The van der Waals surface area contributed by atoms with E-state index >= 15 is 0 Å². The first-order valence-electron chi connectivity index (χ1n) is 14.3. The maximum Gasteiger partial charge on any atom is 0.264 e. The minimum absolute atomic E-state index is 0.00910. The second-order valence-electron chi connectivity index (χ2n) is 10.9. The van der Waals surface area contributed by atoms with E-state index < -0.39 is 34.3 Å². The van der Waals surface area contributed by atoms with Gasteiger partial charge in [-0.1, -0.05) is 97.7 Å². The highest BCUT2D eigenvalue weighted by atomic mass is 35.5. The summed E-state index contributed by atoms with van der Waals surface area (Å²) >= 11 is 12.3. The molecule has 236 valence electrons. The van der Waals surface area contributed by atoms with Crippen LogP contribution in [0.25, 0.3) is 0 Å². The van der Waals surface area contributed by atoms with E-state index in [0.717, 1.165) is 22.0 Å². The average molecular weight is 671 g/mol. The SMILES string of the molecule is CC(C)CNC(=O)[C@H](Cc1ccccc1)N(Cc1cccc(Cl)c1)C(=O)CN(c1ccc(F)c(Cl)c1)S(=O)(=O)c1ccccc1. The quantitative estimate of drug-likeness (QED) is 0.171. The number of sulfonamides is 1. The normalized spacial score (nSPS) is 12.0. The summed E-state index contributed by atoms with van der Waals surface area (Å²) in [7, 11) is -4.34. The highest BCUT2D eigenvalue weighted by Crippen LogP contribution is 2.28. The number of benzene rings is 4. The number of rotatable bonds is 13. The molecule has 11 heteroatoms. The van der Waals surface area contributed by atoms with E-state index in [1.54, 1.807) is 42.5 Å². The summed E-state index contributed by atoms with van der Waals surface area (Å²) in [6, 6.07) is 26.2. The zero-order valence-electron chi connectivity index (χ0n) is 24.9. The molecule has 0 aliphatic carbocycles. The number of amides is 2. The molecule has 0 saturated heterocycles. The van der Waals surface area contributed by atoms with Gasteiger partial charge in [0, 0.05) is 24.5 Å². The maximum atomic E-state index is 14.4. The lowest BCUT2D eigenvalue weighted by Gasteiger charge is -2.34. The molecule has 7 nitrogen and oxygen atoms in total. The zero-order valence-corrected chi connectivity index (χ0v) is 27.2. The number of halogens is 3. The molecule has 0 aliphatic rings. The largest absolute Gasteiger partial charge is 0.354 e. The van der Waals surface area contributed by atoms with E-state index in [0.29, 0.717) is 17.1 Å². The van der Waals surface area contributed by atoms with E-state index in [-0.39, 0.29) is 40.4 Å². The summed E-state index contributed by atoms with van der Waals surface area (Å²) in [5, 5.41) is 3.08. The predicted octanol–water partition coefficient (Wildman–Crippen LogP) is 6.74. The minimum Gasteiger partial charge on any atom is -0.354 e. The minimum atomic E-state index is -4.34. The lowest BCUT2D eigenvalue weighted by molar-refractivity contribution is -0.140. The number of anilines is 1. The van der Waals surface area contributed by atoms with Crippen molar-refractivity contribution in [3.63, 3.8) is 0 Å². The van der Waals surface area contributed by atoms with Crippen LogP contribution in [-0.4, -0.2) is 44.3 Å². The van der Waals surface area contributed by atoms with Crippen LogP contribution in [0.3, 0.4) is 0 Å². The molecule has 1 N–H and O–H groups in total. The van der Waals surface area contributed by atoms with Crippen LogP contribution < -0.4 is 9.62 Å². The smallest absolute Gasteiger partial charge is 0.264 e. The van der Waals surface area contributed by atoms with Crippen molar-refractivity contribution in [1.82, 2.24) is 10.2 Å². The fraction of sp³-hybridized carbons (Fsp3) is 0.235. The Morgan fingerprint density at radius 1 is 0.844 bits per heavy atom. The Morgan fingerprint density at radius 3 is 2.11 bits per heavy atom. The maximum absolute atomic E-state index is 14.4. The number of nitrogens with zero attached hydrogens (tertiary/aromatic N) is 2. The van der Waals surface area contributed by atoms with Crippen LogP contribution in [0.4, 0.5) is 10.1 Å². The second kappa shape index (κ2) is 15.4. The van der Waals surface area contributed by atoms with Crippen LogP contribution in [0.5, 0.6) is 0 Å². The van der Waals surface area contributed by atoms with Crippen molar-refractivity contribution in [3.05, 3.63) is 130 Å². The van der Waals surface area contributed by atoms with Gasteiger partial charge in [0.25, 0.3) is 10.0 Å². The molecule has 0 unspecified atom stereocenters. The van der Waals surface area contributed by atoms with Crippen LogP contribution in [0.2, 0.25) is 10.0 Å². The monoisotopic (exact) mass is 669 g/mol. The van der Waals surface area contributed by atoms with Crippen molar-refractivity contribution >= 4 is 50.7 Å². The molecular weight excluding hydrogens is 636 g/mol. The Balaban J connectivity index is 1.81. The number of hydrogen-bond acceptors (Lipinski definition) is 4. The Kier molecular flexibility index (Phi) is 11.6. The molecule has 45 heavy (non-hydrogen) atoms. The molecule has 0 radical (unpaired) electrons. The summed E-state index contributed by atoms with van der Waals surface area (Å²) in [6.45, 7) is 3.58. The number of carbonyl (C=O) groups excluding carboxylic acids is 2. The molecular formula is C34H34Cl2FN3O4S. The van der Waals surface area contributed by atoms with Gasteiger partial charge in [0.15, 0.2) is 0 Å². The topological polar surface area (TPSA) is 86.8 Å². The Labute approximate surface area is 273 Å². The first-order valence-corrected chi connectivity index (χ1v) is 16.5. The first kappa shape index (κ1) is 34.0. The zero-order chi connectivity index (χ0) is 32.6. The Bertz CT molecular complexity index is 1720. The molecule has 0 heterocycles. The number of hydrogen-bond donors (Lipinski definition) is 1. The van der Waals surface area contributed by atoms with Crippen molar-refractivity contribution in [2.24, 2.45) is 5.92 Å².